The molecule has 0 aromatic rings. The second-order valence-corrected chi connectivity index (χ2v) is 3.28. The largest absolute Gasteiger partial charge is 0.462 e. The number of rotatable bonds is 2. The van der Waals surface area contributed by atoms with Gasteiger partial charge in [0.15, 0.2) is 0 Å². The van der Waals surface area contributed by atoms with E-state index in [-0.39, 0.29) is 5.57 Å². The molecule has 4 heteroatoms. The normalized spacial score (nSPS) is 20.0. The number of esters is 1. The fourth-order valence-corrected chi connectivity index (χ4v) is 1.53. The standard InChI is InChI=1S/C11H15NO3/c1-2-15-11(13)10(8-12)9-4-3-6-14-7-5-9/h2-7H2,1H3/b10-9-. The molecule has 1 aliphatic heterocycles. The van der Waals surface area contributed by atoms with Crippen LogP contribution in [0.25, 0.3) is 0 Å². The van der Waals surface area contributed by atoms with Crippen molar-refractivity contribution in [2.24, 2.45) is 0 Å². The maximum Gasteiger partial charge on any atom is 0.348 e. The summed E-state index contributed by atoms with van der Waals surface area (Å²) >= 11 is 0. The maximum absolute atomic E-state index is 11.4. The molecule has 1 saturated heterocycles. The van der Waals surface area contributed by atoms with Crippen molar-refractivity contribution in [3.8, 4) is 6.07 Å². The molecule has 0 atom stereocenters. The molecule has 1 aliphatic rings. The summed E-state index contributed by atoms with van der Waals surface area (Å²) in [5.74, 6) is -0.503. The Hall–Kier alpha value is -1.34. The smallest absolute Gasteiger partial charge is 0.348 e. The van der Waals surface area contributed by atoms with Crippen LogP contribution in [0.3, 0.4) is 0 Å². The summed E-state index contributed by atoms with van der Waals surface area (Å²) in [6.07, 6.45) is 2.27. The number of carbonyl (C=O) groups excluding carboxylic acids is 1. The van der Waals surface area contributed by atoms with E-state index in [2.05, 4.69) is 0 Å². The Balaban J connectivity index is 2.81. The molecule has 0 amide bonds. The Morgan fingerprint density at radius 2 is 2.33 bits per heavy atom. The van der Waals surface area contributed by atoms with Crippen LogP contribution in [0.1, 0.15) is 26.2 Å². The van der Waals surface area contributed by atoms with E-state index >= 15 is 0 Å². The Bertz CT molecular complexity index is 291. The summed E-state index contributed by atoms with van der Waals surface area (Å²) < 4.78 is 10.1. The Labute approximate surface area is 89.5 Å². The van der Waals surface area contributed by atoms with Gasteiger partial charge in [-0.05, 0) is 31.8 Å². The predicted octanol–water partition coefficient (Wildman–Crippen LogP) is 1.57. The Kier molecular flexibility index (Phi) is 4.85. The lowest BCUT2D eigenvalue weighted by Crippen LogP contribution is -2.09. The summed E-state index contributed by atoms with van der Waals surface area (Å²) in [6, 6.07) is 1.93. The predicted molar refractivity (Wildman–Crippen MR) is 53.9 cm³/mol. The molecule has 0 bridgehead atoms. The van der Waals surface area contributed by atoms with Crippen LogP contribution >= 0.6 is 0 Å². The lowest BCUT2D eigenvalue weighted by molar-refractivity contribution is -0.138. The van der Waals surface area contributed by atoms with Crippen molar-refractivity contribution in [2.75, 3.05) is 19.8 Å². The highest BCUT2D eigenvalue weighted by atomic mass is 16.5. The molecule has 15 heavy (non-hydrogen) atoms. The summed E-state index contributed by atoms with van der Waals surface area (Å²) in [7, 11) is 0. The van der Waals surface area contributed by atoms with Gasteiger partial charge in [-0.15, -0.1) is 0 Å². The molecule has 4 nitrogen and oxygen atoms in total. The van der Waals surface area contributed by atoms with Crippen LogP contribution in [0.5, 0.6) is 0 Å². The summed E-state index contributed by atoms with van der Waals surface area (Å²) in [6.45, 7) is 3.31. The molecular formula is C11H15NO3. The van der Waals surface area contributed by atoms with Gasteiger partial charge in [-0.25, -0.2) is 4.79 Å². The van der Waals surface area contributed by atoms with Crippen molar-refractivity contribution in [1.82, 2.24) is 0 Å². The van der Waals surface area contributed by atoms with Crippen LogP contribution in [0, 0.1) is 11.3 Å². The SMILES string of the molecule is CCOC(=O)/C(C#N)=C1/CCCOCC1. The van der Waals surface area contributed by atoms with E-state index in [0.717, 1.165) is 18.4 Å². The van der Waals surface area contributed by atoms with E-state index in [4.69, 9.17) is 14.7 Å². The number of carbonyl (C=O) groups is 1. The van der Waals surface area contributed by atoms with E-state index in [1.807, 2.05) is 6.07 Å². The van der Waals surface area contributed by atoms with Gasteiger partial charge in [0.2, 0.25) is 0 Å². The summed E-state index contributed by atoms with van der Waals surface area (Å²) in [5.41, 5.74) is 1.04. The molecule has 0 radical (unpaired) electrons. The van der Waals surface area contributed by atoms with Gasteiger partial charge in [0.25, 0.3) is 0 Å². The molecule has 0 aliphatic carbocycles. The van der Waals surface area contributed by atoms with Crippen molar-refractivity contribution in [1.29, 1.82) is 5.26 Å². The van der Waals surface area contributed by atoms with Gasteiger partial charge < -0.3 is 9.47 Å². The molecule has 0 aromatic heterocycles. The van der Waals surface area contributed by atoms with Crippen LogP contribution in [-0.2, 0) is 14.3 Å². The highest BCUT2D eigenvalue weighted by Gasteiger charge is 2.17. The quantitative estimate of drug-likeness (QED) is 0.393. The van der Waals surface area contributed by atoms with E-state index in [1.54, 1.807) is 6.92 Å². The first-order valence-corrected chi connectivity index (χ1v) is 5.16. The van der Waals surface area contributed by atoms with Gasteiger partial charge in [0.1, 0.15) is 11.6 Å². The molecule has 0 saturated carbocycles. The van der Waals surface area contributed by atoms with Crippen molar-refractivity contribution < 1.29 is 14.3 Å². The molecule has 1 fully saturated rings. The lowest BCUT2D eigenvalue weighted by Gasteiger charge is -2.05. The minimum absolute atomic E-state index is 0.169. The van der Waals surface area contributed by atoms with Gasteiger partial charge in [-0.1, -0.05) is 0 Å². The van der Waals surface area contributed by atoms with E-state index < -0.39 is 5.97 Å². The zero-order valence-corrected chi connectivity index (χ0v) is 8.91. The third-order valence-electron chi connectivity index (χ3n) is 2.26. The summed E-state index contributed by atoms with van der Waals surface area (Å²) in [4.78, 5) is 11.4. The van der Waals surface area contributed by atoms with Crippen molar-refractivity contribution in [3.05, 3.63) is 11.1 Å². The monoisotopic (exact) mass is 209 g/mol. The first-order valence-electron chi connectivity index (χ1n) is 5.16. The molecule has 1 rings (SSSR count). The van der Waals surface area contributed by atoms with Crippen LogP contribution in [0.4, 0.5) is 0 Å². The van der Waals surface area contributed by atoms with Crippen LogP contribution in [0.15, 0.2) is 11.1 Å². The minimum atomic E-state index is -0.503. The first kappa shape index (κ1) is 11.7. The van der Waals surface area contributed by atoms with Gasteiger partial charge in [-0.2, -0.15) is 5.26 Å². The zero-order chi connectivity index (χ0) is 11.1. The fraction of sp³-hybridized carbons (Fsp3) is 0.636. The minimum Gasteiger partial charge on any atom is -0.462 e. The number of hydrogen-bond donors (Lipinski definition) is 0. The molecular weight excluding hydrogens is 194 g/mol. The van der Waals surface area contributed by atoms with Crippen LogP contribution in [-0.4, -0.2) is 25.8 Å². The van der Waals surface area contributed by atoms with Gasteiger partial charge in [0.05, 0.1) is 13.2 Å². The maximum atomic E-state index is 11.4. The second kappa shape index (κ2) is 6.20. The van der Waals surface area contributed by atoms with Crippen LogP contribution < -0.4 is 0 Å². The summed E-state index contributed by atoms with van der Waals surface area (Å²) in [5, 5.41) is 8.92. The van der Waals surface area contributed by atoms with Crippen molar-refractivity contribution in [3.63, 3.8) is 0 Å². The van der Waals surface area contributed by atoms with Gasteiger partial charge in [0, 0.05) is 6.61 Å². The number of ether oxygens (including phenoxy) is 2. The molecule has 0 unspecified atom stereocenters. The second-order valence-electron chi connectivity index (χ2n) is 3.28. The Morgan fingerprint density at radius 3 is 3.00 bits per heavy atom. The zero-order valence-electron chi connectivity index (χ0n) is 8.91. The molecule has 0 spiro atoms. The highest BCUT2D eigenvalue weighted by Crippen LogP contribution is 2.19. The van der Waals surface area contributed by atoms with Crippen molar-refractivity contribution in [2.45, 2.75) is 26.2 Å². The molecule has 0 N–H and O–H groups in total. The number of nitriles is 1. The highest BCUT2D eigenvalue weighted by molar-refractivity contribution is 5.93. The third-order valence-corrected chi connectivity index (χ3v) is 2.26. The van der Waals surface area contributed by atoms with Gasteiger partial charge in [-0.3, -0.25) is 0 Å². The van der Waals surface area contributed by atoms with Gasteiger partial charge >= 0.3 is 5.97 Å². The van der Waals surface area contributed by atoms with Crippen molar-refractivity contribution >= 4 is 5.97 Å². The van der Waals surface area contributed by atoms with Crippen LogP contribution in [0.2, 0.25) is 0 Å². The van der Waals surface area contributed by atoms with E-state index in [9.17, 15) is 4.79 Å². The first-order chi connectivity index (χ1) is 7.29. The number of hydrogen-bond acceptors (Lipinski definition) is 4. The Morgan fingerprint density at radius 1 is 1.53 bits per heavy atom. The molecule has 0 aromatic carbocycles. The van der Waals surface area contributed by atoms with E-state index in [1.165, 1.54) is 0 Å². The molecule has 82 valence electrons. The number of nitrogens with zero attached hydrogens (tertiary/aromatic N) is 1. The van der Waals surface area contributed by atoms with E-state index in [0.29, 0.717) is 26.2 Å². The lowest BCUT2D eigenvalue weighted by atomic mass is 10.0. The third kappa shape index (κ3) is 3.37. The topological polar surface area (TPSA) is 59.3 Å². The average Bonchev–Trinajstić information content (AvgIpc) is 2.48. The average molecular weight is 209 g/mol. The fourth-order valence-electron chi connectivity index (χ4n) is 1.53. The molecule has 1 heterocycles.